The summed E-state index contributed by atoms with van der Waals surface area (Å²) in [5, 5.41) is 4.64. The Balaban J connectivity index is 1.77. The van der Waals surface area contributed by atoms with Crippen molar-refractivity contribution in [2.75, 3.05) is 0 Å². The van der Waals surface area contributed by atoms with Gasteiger partial charge in [0.05, 0.1) is 28.5 Å². The third kappa shape index (κ3) is 3.23. The highest BCUT2D eigenvalue weighted by Gasteiger charge is 2.16. The Kier molecular flexibility index (Phi) is 4.76. The quantitative estimate of drug-likeness (QED) is 0.498. The zero-order valence-electron chi connectivity index (χ0n) is 17.0. The Morgan fingerprint density at radius 2 is 1.45 bits per heavy atom. The van der Waals surface area contributed by atoms with Crippen molar-refractivity contribution in [3.63, 3.8) is 0 Å². The van der Waals surface area contributed by atoms with E-state index >= 15 is 0 Å². The van der Waals surface area contributed by atoms with Gasteiger partial charge in [-0.1, -0.05) is 36.4 Å². The van der Waals surface area contributed by atoms with E-state index in [1.807, 2.05) is 97.8 Å². The number of aryl methyl sites for hydroxylation is 1. The summed E-state index contributed by atoms with van der Waals surface area (Å²) in [7, 11) is 1.87. The second-order valence-electron chi connectivity index (χ2n) is 7.00. The van der Waals surface area contributed by atoms with E-state index in [0.717, 1.165) is 34.0 Å². The molecular weight excluding hydrogens is 362 g/mol. The van der Waals surface area contributed by atoms with Crippen molar-refractivity contribution in [3.05, 3.63) is 93.7 Å². The molecule has 2 heterocycles. The summed E-state index contributed by atoms with van der Waals surface area (Å²) in [5.74, 6) is 0. The third-order valence-corrected chi connectivity index (χ3v) is 5.19. The molecule has 0 aliphatic rings. The molecule has 6 heteroatoms. The summed E-state index contributed by atoms with van der Waals surface area (Å²) in [6.45, 7) is 5.86. The fraction of sp³-hybridized carbons (Fsp3) is 0.174. The van der Waals surface area contributed by atoms with Gasteiger partial charge >= 0.3 is 0 Å². The van der Waals surface area contributed by atoms with Crippen molar-refractivity contribution < 1.29 is 0 Å². The number of benzene rings is 2. The summed E-state index contributed by atoms with van der Waals surface area (Å²) in [6.07, 6.45) is 1.75. The summed E-state index contributed by atoms with van der Waals surface area (Å²) in [4.78, 5) is 17.6. The highest BCUT2D eigenvalue weighted by molar-refractivity contribution is 5.85. The van der Waals surface area contributed by atoms with E-state index in [0.29, 0.717) is 5.69 Å². The van der Waals surface area contributed by atoms with Crippen LogP contribution in [0.1, 0.15) is 22.6 Å². The van der Waals surface area contributed by atoms with Gasteiger partial charge in [-0.05, 0) is 45.0 Å². The van der Waals surface area contributed by atoms with Gasteiger partial charge in [0.15, 0.2) is 5.69 Å². The topological polar surface area (TPSA) is 57.1 Å². The molecule has 0 N–H and O–H groups in total. The first-order valence-electron chi connectivity index (χ1n) is 9.48. The molecule has 0 atom stereocenters. The highest BCUT2D eigenvalue weighted by Crippen LogP contribution is 2.19. The fourth-order valence-electron chi connectivity index (χ4n) is 3.49. The predicted molar refractivity (Wildman–Crippen MR) is 116 cm³/mol. The van der Waals surface area contributed by atoms with Crippen LogP contribution in [-0.4, -0.2) is 25.4 Å². The SMILES string of the molecule is Cc1nn(-c2ccccc2)c(C)c1C=Nc1c(C)n(C)n(-c2ccccc2)c1=O. The monoisotopic (exact) mass is 385 g/mol. The van der Waals surface area contributed by atoms with Crippen molar-refractivity contribution >= 4 is 11.9 Å². The van der Waals surface area contributed by atoms with E-state index in [9.17, 15) is 4.79 Å². The molecule has 0 fully saturated rings. The van der Waals surface area contributed by atoms with Gasteiger partial charge in [-0.2, -0.15) is 5.10 Å². The molecule has 29 heavy (non-hydrogen) atoms. The molecule has 4 aromatic rings. The summed E-state index contributed by atoms with van der Waals surface area (Å²) in [6, 6.07) is 19.6. The summed E-state index contributed by atoms with van der Waals surface area (Å²) in [5.41, 5.74) is 5.68. The first kappa shape index (κ1) is 18.7. The number of para-hydroxylation sites is 2. The molecule has 0 amide bonds. The molecule has 6 nitrogen and oxygen atoms in total. The van der Waals surface area contributed by atoms with E-state index in [2.05, 4.69) is 10.1 Å². The van der Waals surface area contributed by atoms with Gasteiger partial charge in [-0.15, -0.1) is 0 Å². The van der Waals surface area contributed by atoms with E-state index in [1.165, 1.54) is 0 Å². The lowest BCUT2D eigenvalue weighted by Gasteiger charge is -2.07. The second-order valence-corrected chi connectivity index (χ2v) is 7.00. The van der Waals surface area contributed by atoms with Crippen LogP contribution >= 0.6 is 0 Å². The maximum absolute atomic E-state index is 13.0. The largest absolute Gasteiger partial charge is 0.297 e. The van der Waals surface area contributed by atoms with Gasteiger partial charge in [0.2, 0.25) is 0 Å². The molecule has 146 valence electrons. The lowest BCUT2D eigenvalue weighted by Crippen LogP contribution is -2.19. The molecule has 0 saturated carbocycles. The maximum Gasteiger partial charge on any atom is 0.297 e. The Labute approximate surface area is 169 Å². The van der Waals surface area contributed by atoms with Gasteiger partial charge in [-0.25, -0.2) is 14.4 Å². The van der Waals surface area contributed by atoms with Crippen LogP contribution in [0.15, 0.2) is 70.5 Å². The van der Waals surface area contributed by atoms with Crippen LogP contribution < -0.4 is 5.56 Å². The summed E-state index contributed by atoms with van der Waals surface area (Å²) < 4.78 is 5.36. The van der Waals surface area contributed by atoms with Crippen LogP contribution in [0.5, 0.6) is 0 Å². The van der Waals surface area contributed by atoms with Crippen molar-refractivity contribution in [1.29, 1.82) is 0 Å². The smallest absolute Gasteiger partial charge is 0.283 e. The minimum Gasteiger partial charge on any atom is -0.283 e. The normalized spacial score (nSPS) is 11.4. The number of hydrogen-bond acceptors (Lipinski definition) is 3. The molecule has 0 aliphatic carbocycles. The van der Waals surface area contributed by atoms with Crippen LogP contribution in [0.3, 0.4) is 0 Å². The average molecular weight is 385 g/mol. The zero-order chi connectivity index (χ0) is 20.5. The Morgan fingerprint density at radius 3 is 2.07 bits per heavy atom. The maximum atomic E-state index is 13.0. The van der Waals surface area contributed by atoms with Crippen LogP contribution in [0.25, 0.3) is 11.4 Å². The zero-order valence-corrected chi connectivity index (χ0v) is 17.0. The Hall–Kier alpha value is -3.67. The fourth-order valence-corrected chi connectivity index (χ4v) is 3.49. The Bertz CT molecular complexity index is 1240. The van der Waals surface area contributed by atoms with Crippen molar-refractivity contribution in [2.24, 2.45) is 12.0 Å². The molecule has 0 spiro atoms. The first-order chi connectivity index (χ1) is 14.0. The molecule has 0 aliphatic heterocycles. The number of aliphatic imine (C=N–C) groups is 1. The van der Waals surface area contributed by atoms with Gasteiger partial charge in [0.25, 0.3) is 5.56 Å². The van der Waals surface area contributed by atoms with E-state index in [-0.39, 0.29) is 5.56 Å². The summed E-state index contributed by atoms with van der Waals surface area (Å²) >= 11 is 0. The van der Waals surface area contributed by atoms with Crippen LogP contribution in [-0.2, 0) is 7.05 Å². The lowest BCUT2D eigenvalue weighted by molar-refractivity contribution is 0.630. The molecule has 2 aromatic heterocycles. The van der Waals surface area contributed by atoms with Crippen molar-refractivity contribution in [1.82, 2.24) is 19.1 Å². The molecule has 0 unspecified atom stereocenters. The first-order valence-corrected chi connectivity index (χ1v) is 9.48. The number of nitrogens with zero attached hydrogens (tertiary/aromatic N) is 5. The van der Waals surface area contributed by atoms with Gasteiger partial charge < -0.3 is 0 Å². The highest BCUT2D eigenvalue weighted by atomic mass is 16.1. The molecule has 0 saturated heterocycles. The molecule has 0 radical (unpaired) electrons. The standard InChI is InChI=1S/C23H23N5O/c1-16-21(17(2)27(25-16)19-11-7-5-8-12-19)15-24-22-18(3)26(4)28(23(22)29)20-13-9-6-10-14-20/h5-15H,1-4H3. The molecule has 0 bridgehead atoms. The average Bonchev–Trinajstić information content (AvgIpc) is 3.14. The van der Waals surface area contributed by atoms with Crippen LogP contribution in [0, 0.1) is 20.8 Å². The lowest BCUT2D eigenvalue weighted by atomic mass is 10.2. The van der Waals surface area contributed by atoms with Gasteiger partial charge in [-0.3, -0.25) is 9.48 Å². The molecule has 4 rings (SSSR count). The minimum absolute atomic E-state index is 0.141. The minimum atomic E-state index is -0.141. The van der Waals surface area contributed by atoms with Crippen molar-refractivity contribution in [3.8, 4) is 11.4 Å². The predicted octanol–water partition coefficient (Wildman–Crippen LogP) is 4.04. The van der Waals surface area contributed by atoms with E-state index in [1.54, 1.807) is 10.9 Å². The Morgan fingerprint density at radius 1 is 0.862 bits per heavy atom. The van der Waals surface area contributed by atoms with E-state index < -0.39 is 0 Å². The third-order valence-electron chi connectivity index (χ3n) is 5.19. The van der Waals surface area contributed by atoms with Gasteiger partial charge in [0, 0.05) is 18.8 Å². The van der Waals surface area contributed by atoms with E-state index in [4.69, 9.17) is 0 Å². The second kappa shape index (κ2) is 7.39. The van der Waals surface area contributed by atoms with Crippen LogP contribution in [0.2, 0.25) is 0 Å². The molecule has 2 aromatic carbocycles. The van der Waals surface area contributed by atoms with Crippen molar-refractivity contribution in [2.45, 2.75) is 20.8 Å². The number of aromatic nitrogens is 4. The molecular formula is C23H23N5O. The number of hydrogen-bond donors (Lipinski definition) is 0. The number of rotatable bonds is 4. The van der Waals surface area contributed by atoms with Gasteiger partial charge in [0.1, 0.15) is 0 Å². The van der Waals surface area contributed by atoms with Crippen LogP contribution in [0.4, 0.5) is 5.69 Å².